The maximum Gasteiger partial charge on any atom is 0.0396 e. The number of piperidine rings is 1. The Kier molecular flexibility index (Phi) is 7.61. The third-order valence-corrected chi connectivity index (χ3v) is 6.89. The van der Waals surface area contributed by atoms with Crippen LogP contribution in [0, 0.1) is 13.8 Å². The summed E-state index contributed by atoms with van der Waals surface area (Å²) in [6.07, 6.45) is 2.61. The topological polar surface area (TPSA) is 9.72 Å². The minimum Gasteiger partial charge on any atom is -0.369 e. The SMILES string of the molecule is Cc1ccc(C(C)N2CCC(N3CCN(c4ccccc4C)CC3)CC2)cc1.Cl. The van der Waals surface area contributed by atoms with Crippen molar-refractivity contribution in [3.8, 4) is 0 Å². The van der Waals surface area contributed by atoms with E-state index in [0.29, 0.717) is 6.04 Å². The van der Waals surface area contributed by atoms with Gasteiger partial charge >= 0.3 is 0 Å². The van der Waals surface area contributed by atoms with Gasteiger partial charge in [-0.15, -0.1) is 12.4 Å². The number of rotatable bonds is 4. The Morgan fingerprint density at radius 2 is 1.41 bits per heavy atom. The van der Waals surface area contributed by atoms with Crippen molar-refractivity contribution < 1.29 is 0 Å². The average molecular weight is 414 g/mol. The summed E-state index contributed by atoms with van der Waals surface area (Å²) in [4.78, 5) is 7.99. The van der Waals surface area contributed by atoms with Crippen LogP contribution in [-0.2, 0) is 0 Å². The fourth-order valence-electron chi connectivity index (χ4n) is 4.94. The van der Waals surface area contributed by atoms with Gasteiger partial charge in [0.25, 0.3) is 0 Å². The molecular formula is C25H36ClN3. The molecule has 0 amide bonds. The Hall–Kier alpha value is -1.55. The van der Waals surface area contributed by atoms with Gasteiger partial charge in [0, 0.05) is 57.0 Å². The van der Waals surface area contributed by atoms with Crippen LogP contribution in [0.5, 0.6) is 0 Å². The van der Waals surface area contributed by atoms with Crippen molar-refractivity contribution in [1.29, 1.82) is 0 Å². The first-order valence-electron chi connectivity index (χ1n) is 11.0. The molecule has 3 nitrogen and oxygen atoms in total. The normalized spacial score (nSPS) is 20.3. The van der Waals surface area contributed by atoms with Crippen LogP contribution in [0.3, 0.4) is 0 Å². The molecule has 0 N–H and O–H groups in total. The Labute approximate surface area is 183 Å². The quantitative estimate of drug-likeness (QED) is 0.692. The molecule has 0 radical (unpaired) electrons. The fourth-order valence-corrected chi connectivity index (χ4v) is 4.94. The molecule has 0 spiro atoms. The summed E-state index contributed by atoms with van der Waals surface area (Å²) in [5, 5.41) is 0. The van der Waals surface area contributed by atoms with Gasteiger partial charge in [-0.3, -0.25) is 9.80 Å². The maximum atomic E-state index is 2.75. The third-order valence-electron chi connectivity index (χ3n) is 6.89. The number of hydrogen-bond donors (Lipinski definition) is 0. The van der Waals surface area contributed by atoms with Crippen LogP contribution in [0.2, 0.25) is 0 Å². The van der Waals surface area contributed by atoms with Gasteiger partial charge in [0.1, 0.15) is 0 Å². The number of aryl methyl sites for hydroxylation is 2. The van der Waals surface area contributed by atoms with Crippen LogP contribution in [0.15, 0.2) is 48.5 Å². The van der Waals surface area contributed by atoms with E-state index >= 15 is 0 Å². The first-order valence-corrected chi connectivity index (χ1v) is 11.0. The van der Waals surface area contributed by atoms with E-state index < -0.39 is 0 Å². The zero-order chi connectivity index (χ0) is 19.5. The van der Waals surface area contributed by atoms with E-state index in [0.717, 1.165) is 19.1 Å². The smallest absolute Gasteiger partial charge is 0.0396 e. The minimum atomic E-state index is 0. The summed E-state index contributed by atoms with van der Waals surface area (Å²) in [5.41, 5.74) is 5.62. The first kappa shape index (κ1) is 22.1. The van der Waals surface area contributed by atoms with Crippen molar-refractivity contribution >= 4 is 18.1 Å². The molecule has 2 aromatic carbocycles. The number of piperazine rings is 1. The van der Waals surface area contributed by atoms with E-state index in [2.05, 4.69) is 84.0 Å². The van der Waals surface area contributed by atoms with Gasteiger partial charge < -0.3 is 4.90 Å². The molecule has 29 heavy (non-hydrogen) atoms. The van der Waals surface area contributed by atoms with Gasteiger partial charge in [-0.05, 0) is 50.8 Å². The van der Waals surface area contributed by atoms with Gasteiger partial charge in [-0.25, -0.2) is 0 Å². The summed E-state index contributed by atoms with van der Waals surface area (Å²) in [6.45, 7) is 13.9. The van der Waals surface area contributed by atoms with Crippen LogP contribution in [0.4, 0.5) is 5.69 Å². The number of para-hydroxylation sites is 1. The second-order valence-electron chi connectivity index (χ2n) is 8.66. The molecule has 1 atom stereocenters. The standard InChI is InChI=1S/C25H35N3.ClH/c1-20-8-10-23(11-9-20)22(3)26-14-12-24(13-15-26)27-16-18-28(19-17-27)25-7-5-4-6-21(25)2;/h4-11,22,24H,12-19H2,1-3H3;1H. The monoisotopic (exact) mass is 413 g/mol. The summed E-state index contributed by atoms with van der Waals surface area (Å²) < 4.78 is 0. The lowest BCUT2D eigenvalue weighted by Crippen LogP contribution is -2.53. The molecule has 2 aromatic rings. The Morgan fingerprint density at radius 3 is 2.03 bits per heavy atom. The Balaban J connectivity index is 0.00000240. The van der Waals surface area contributed by atoms with Crippen molar-refractivity contribution in [2.24, 2.45) is 0 Å². The number of halogens is 1. The molecule has 2 heterocycles. The lowest BCUT2D eigenvalue weighted by atomic mass is 9.98. The zero-order valence-corrected chi connectivity index (χ0v) is 19.0. The summed E-state index contributed by atoms with van der Waals surface area (Å²) >= 11 is 0. The van der Waals surface area contributed by atoms with Crippen LogP contribution >= 0.6 is 12.4 Å². The van der Waals surface area contributed by atoms with Gasteiger partial charge in [0.2, 0.25) is 0 Å². The third kappa shape index (κ3) is 5.14. The highest BCUT2D eigenvalue weighted by Gasteiger charge is 2.29. The molecule has 1 unspecified atom stereocenters. The van der Waals surface area contributed by atoms with Gasteiger partial charge in [0.15, 0.2) is 0 Å². The average Bonchev–Trinajstić information content (AvgIpc) is 2.74. The van der Waals surface area contributed by atoms with E-state index in [4.69, 9.17) is 0 Å². The van der Waals surface area contributed by atoms with Crippen molar-refractivity contribution in [2.75, 3.05) is 44.2 Å². The number of nitrogens with zero attached hydrogens (tertiary/aromatic N) is 3. The summed E-state index contributed by atoms with van der Waals surface area (Å²) in [7, 11) is 0. The van der Waals surface area contributed by atoms with Crippen molar-refractivity contribution in [1.82, 2.24) is 9.80 Å². The Bertz CT molecular complexity index is 760. The van der Waals surface area contributed by atoms with Crippen LogP contribution in [0.25, 0.3) is 0 Å². The van der Waals surface area contributed by atoms with E-state index in [1.54, 1.807) is 0 Å². The molecule has 0 aliphatic carbocycles. The highest BCUT2D eigenvalue weighted by atomic mass is 35.5. The van der Waals surface area contributed by atoms with Gasteiger partial charge in [0.05, 0.1) is 0 Å². The highest BCUT2D eigenvalue weighted by Crippen LogP contribution is 2.28. The molecule has 0 bridgehead atoms. The summed E-state index contributed by atoms with van der Waals surface area (Å²) in [6, 6.07) is 19.2. The van der Waals surface area contributed by atoms with E-state index in [-0.39, 0.29) is 12.4 Å². The zero-order valence-electron chi connectivity index (χ0n) is 18.2. The molecule has 158 valence electrons. The molecule has 2 aliphatic heterocycles. The molecule has 4 heteroatoms. The number of anilines is 1. The van der Waals surface area contributed by atoms with E-state index in [1.165, 1.54) is 61.4 Å². The van der Waals surface area contributed by atoms with E-state index in [9.17, 15) is 0 Å². The second-order valence-corrected chi connectivity index (χ2v) is 8.66. The van der Waals surface area contributed by atoms with Crippen molar-refractivity contribution in [2.45, 2.75) is 45.7 Å². The minimum absolute atomic E-state index is 0. The van der Waals surface area contributed by atoms with Crippen LogP contribution in [-0.4, -0.2) is 55.1 Å². The maximum absolute atomic E-state index is 2.75. The molecule has 0 aromatic heterocycles. The summed E-state index contributed by atoms with van der Waals surface area (Å²) in [5.74, 6) is 0. The largest absolute Gasteiger partial charge is 0.369 e. The van der Waals surface area contributed by atoms with E-state index in [1.807, 2.05) is 0 Å². The second kappa shape index (κ2) is 9.97. The van der Waals surface area contributed by atoms with Crippen LogP contribution < -0.4 is 4.90 Å². The molecule has 4 rings (SSSR count). The highest BCUT2D eigenvalue weighted by molar-refractivity contribution is 5.85. The van der Waals surface area contributed by atoms with Gasteiger partial charge in [-0.1, -0.05) is 48.0 Å². The number of likely N-dealkylation sites (tertiary alicyclic amines) is 1. The lowest BCUT2D eigenvalue weighted by Gasteiger charge is -2.44. The number of benzene rings is 2. The van der Waals surface area contributed by atoms with Crippen molar-refractivity contribution in [3.63, 3.8) is 0 Å². The lowest BCUT2D eigenvalue weighted by molar-refractivity contribution is 0.0840. The predicted octanol–water partition coefficient (Wildman–Crippen LogP) is 5.07. The molecule has 2 aliphatic rings. The van der Waals surface area contributed by atoms with Gasteiger partial charge in [-0.2, -0.15) is 0 Å². The molecule has 0 saturated carbocycles. The Morgan fingerprint density at radius 1 is 0.793 bits per heavy atom. The van der Waals surface area contributed by atoms with Crippen LogP contribution in [0.1, 0.15) is 42.5 Å². The molecular weight excluding hydrogens is 378 g/mol. The fraction of sp³-hybridized carbons (Fsp3) is 0.520. The number of hydrogen-bond acceptors (Lipinski definition) is 3. The molecule has 2 saturated heterocycles. The molecule has 2 fully saturated rings. The predicted molar refractivity (Wildman–Crippen MR) is 126 cm³/mol. The first-order chi connectivity index (χ1) is 13.6. The van der Waals surface area contributed by atoms with Crippen molar-refractivity contribution in [3.05, 3.63) is 65.2 Å².